The number of benzene rings is 1. The van der Waals surface area contributed by atoms with Crippen molar-refractivity contribution >= 4 is 27.4 Å². The number of aromatic amines is 1. The predicted octanol–water partition coefficient (Wildman–Crippen LogP) is 3.18. The fourth-order valence-electron chi connectivity index (χ4n) is 3.21. The number of ketones is 1. The van der Waals surface area contributed by atoms with Gasteiger partial charge in [-0.05, 0) is 37.1 Å². The smallest absolute Gasteiger partial charge is 0.244 e. The van der Waals surface area contributed by atoms with Crippen molar-refractivity contribution < 1.29 is 13.2 Å². The van der Waals surface area contributed by atoms with E-state index in [-0.39, 0.29) is 10.7 Å². The fraction of sp³-hybridized carbons (Fsp3) is 0.375. The number of H-pyrrole nitrogens is 1. The zero-order valence-electron chi connectivity index (χ0n) is 13.4. The second-order valence-corrected chi connectivity index (χ2v) is 7.98. The highest BCUT2D eigenvalue weighted by atomic mass is 35.5. The van der Waals surface area contributed by atoms with Gasteiger partial charge in [-0.1, -0.05) is 25.4 Å². The van der Waals surface area contributed by atoms with Crippen LogP contribution in [0.25, 0.3) is 0 Å². The number of nitrogens with one attached hydrogen (secondary N) is 1. The first kappa shape index (κ1) is 17.1. The zero-order valence-corrected chi connectivity index (χ0v) is 14.9. The Morgan fingerprint density at radius 1 is 1.17 bits per heavy atom. The van der Waals surface area contributed by atoms with Crippen LogP contribution in [-0.2, 0) is 10.0 Å². The first-order valence-corrected chi connectivity index (χ1v) is 9.60. The lowest BCUT2D eigenvalue weighted by Gasteiger charge is -2.38. The molecule has 0 saturated carbocycles. The highest BCUT2D eigenvalue weighted by Crippen LogP contribution is 2.39. The Morgan fingerprint density at radius 3 is 2.38 bits per heavy atom. The first-order chi connectivity index (χ1) is 11.4. The van der Waals surface area contributed by atoms with E-state index in [0.29, 0.717) is 29.1 Å². The van der Waals surface area contributed by atoms with Crippen LogP contribution < -0.4 is 0 Å². The monoisotopic (exact) mass is 367 g/mol. The molecule has 1 aromatic carbocycles. The van der Waals surface area contributed by atoms with Gasteiger partial charge in [-0.25, -0.2) is 8.42 Å². The van der Waals surface area contributed by atoms with Crippen molar-refractivity contribution in [2.45, 2.75) is 43.7 Å². The number of carbonyl (C=O) groups is 1. The maximum atomic E-state index is 13.2. The number of aromatic nitrogens is 2. The molecule has 0 saturated heterocycles. The third-order valence-corrected chi connectivity index (χ3v) is 6.54. The van der Waals surface area contributed by atoms with Crippen molar-refractivity contribution in [3.8, 4) is 0 Å². The molecule has 8 heteroatoms. The molecule has 0 spiro atoms. The van der Waals surface area contributed by atoms with Gasteiger partial charge >= 0.3 is 0 Å². The van der Waals surface area contributed by atoms with Gasteiger partial charge in [0.2, 0.25) is 10.0 Å². The topological polar surface area (TPSA) is 83.1 Å². The molecule has 0 amide bonds. The zero-order chi connectivity index (χ0) is 17.5. The van der Waals surface area contributed by atoms with Crippen molar-refractivity contribution in [3.05, 3.63) is 46.7 Å². The third-order valence-electron chi connectivity index (χ3n) is 4.35. The Labute approximate surface area is 145 Å². The molecule has 0 radical (unpaired) electrons. The highest BCUT2D eigenvalue weighted by Gasteiger charge is 2.46. The molecule has 0 aliphatic carbocycles. The number of rotatable bonds is 4. The standard InChI is InChI=1S/C16H18ClN3O3S/c1-3-13-12-9-18-19-15(12)16(21)14(4-2)20(13)24(22,23)11-7-5-10(17)6-8-11/h5-9,13-14H,3-4H2,1-2H3,(H,18,19)/t13-,14+/m1/s1. The van der Waals surface area contributed by atoms with Crippen LogP contribution in [0.3, 0.4) is 0 Å². The summed E-state index contributed by atoms with van der Waals surface area (Å²) in [5, 5.41) is 7.11. The minimum Gasteiger partial charge on any atom is -0.291 e. The summed E-state index contributed by atoms with van der Waals surface area (Å²) in [5.74, 6) is -0.243. The predicted molar refractivity (Wildman–Crippen MR) is 90.5 cm³/mol. The van der Waals surface area contributed by atoms with E-state index in [0.717, 1.165) is 0 Å². The molecule has 24 heavy (non-hydrogen) atoms. The van der Waals surface area contributed by atoms with Crippen molar-refractivity contribution in [2.24, 2.45) is 0 Å². The summed E-state index contributed by atoms with van der Waals surface area (Å²) in [6.07, 6.45) is 2.47. The lowest BCUT2D eigenvalue weighted by molar-refractivity contribution is 0.0821. The van der Waals surface area contributed by atoms with Gasteiger partial charge < -0.3 is 0 Å². The molecule has 1 aromatic heterocycles. The summed E-state index contributed by atoms with van der Waals surface area (Å²) in [4.78, 5) is 12.8. The number of hydrogen-bond donors (Lipinski definition) is 1. The number of sulfonamides is 1. The number of nitrogens with zero attached hydrogens (tertiary/aromatic N) is 2. The van der Waals surface area contributed by atoms with Gasteiger partial charge in [-0.3, -0.25) is 9.89 Å². The quantitative estimate of drug-likeness (QED) is 0.899. The molecule has 2 atom stereocenters. The lowest BCUT2D eigenvalue weighted by Crippen LogP contribution is -2.50. The fourth-order valence-corrected chi connectivity index (χ4v) is 5.24. The van der Waals surface area contributed by atoms with Gasteiger partial charge in [0.25, 0.3) is 0 Å². The van der Waals surface area contributed by atoms with E-state index in [2.05, 4.69) is 10.2 Å². The van der Waals surface area contributed by atoms with Crippen LogP contribution in [0.2, 0.25) is 5.02 Å². The second-order valence-electron chi connectivity index (χ2n) is 5.70. The number of halogens is 1. The number of Topliss-reactive ketones (excluding diaryl/α,β-unsaturated/α-hetero) is 1. The SMILES string of the molecule is CC[C@@H]1c2cn[nH]c2C(=O)[C@H](CC)N1S(=O)(=O)c1ccc(Cl)cc1. The summed E-state index contributed by atoms with van der Waals surface area (Å²) in [5.41, 5.74) is 1.04. The number of hydrogen-bond acceptors (Lipinski definition) is 4. The summed E-state index contributed by atoms with van der Waals surface area (Å²) < 4.78 is 27.8. The van der Waals surface area contributed by atoms with E-state index < -0.39 is 22.1 Å². The van der Waals surface area contributed by atoms with Gasteiger partial charge in [-0.2, -0.15) is 9.40 Å². The van der Waals surface area contributed by atoms with E-state index in [4.69, 9.17) is 11.6 Å². The van der Waals surface area contributed by atoms with Crippen LogP contribution in [-0.4, -0.2) is 34.7 Å². The van der Waals surface area contributed by atoms with Gasteiger partial charge in [0, 0.05) is 10.6 Å². The van der Waals surface area contributed by atoms with E-state index in [1.165, 1.54) is 34.8 Å². The Bertz CT molecular complexity index is 861. The minimum atomic E-state index is -3.84. The van der Waals surface area contributed by atoms with Crippen molar-refractivity contribution in [1.82, 2.24) is 14.5 Å². The molecular formula is C16H18ClN3O3S. The van der Waals surface area contributed by atoms with E-state index >= 15 is 0 Å². The summed E-state index contributed by atoms with van der Waals surface area (Å²) in [6, 6.07) is 4.82. The number of fused-ring (bicyclic) bond motifs is 1. The average molecular weight is 368 g/mol. The third kappa shape index (κ3) is 2.56. The average Bonchev–Trinajstić information content (AvgIpc) is 3.05. The van der Waals surface area contributed by atoms with Gasteiger partial charge in [0.15, 0.2) is 5.78 Å². The lowest BCUT2D eigenvalue weighted by atomic mass is 9.92. The maximum absolute atomic E-state index is 13.2. The second kappa shape index (κ2) is 6.31. The molecule has 0 bridgehead atoms. The van der Waals surface area contributed by atoms with Crippen LogP contribution in [0.1, 0.15) is 48.8 Å². The van der Waals surface area contributed by atoms with Crippen molar-refractivity contribution in [2.75, 3.05) is 0 Å². The molecule has 0 unspecified atom stereocenters. The van der Waals surface area contributed by atoms with Crippen LogP contribution in [0, 0.1) is 0 Å². The first-order valence-electron chi connectivity index (χ1n) is 7.78. The van der Waals surface area contributed by atoms with E-state index in [1.807, 2.05) is 6.92 Å². The van der Waals surface area contributed by atoms with Crippen LogP contribution >= 0.6 is 11.6 Å². The highest BCUT2D eigenvalue weighted by molar-refractivity contribution is 7.89. The largest absolute Gasteiger partial charge is 0.291 e. The van der Waals surface area contributed by atoms with Gasteiger partial charge in [0.05, 0.1) is 23.2 Å². The number of carbonyl (C=O) groups excluding carboxylic acids is 1. The minimum absolute atomic E-state index is 0.128. The van der Waals surface area contributed by atoms with Gasteiger partial charge in [0.1, 0.15) is 5.69 Å². The molecular weight excluding hydrogens is 350 g/mol. The van der Waals surface area contributed by atoms with Crippen molar-refractivity contribution in [1.29, 1.82) is 0 Å². The Hall–Kier alpha value is -1.70. The normalized spacial score (nSPS) is 21.7. The molecule has 2 heterocycles. The molecule has 6 nitrogen and oxygen atoms in total. The molecule has 1 N–H and O–H groups in total. The maximum Gasteiger partial charge on any atom is 0.244 e. The Kier molecular flexibility index (Phi) is 4.50. The Balaban J connectivity index is 2.16. The Morgan fingerprint density at radius 2 is 1.79 bits per heavy atom. The molecule has 1 aliphatic rings. The van der Waals surface area contributed by atoms with Crippen molar-refractivity contribution in [3.63, 3.8) is 0 Å². The summed E-state index contributed by atoms with van der Waals surface area (Å²) >= 11 is 5.86. The molecule has 2 aromatic rings. The molecule has 0 fully saturated rings. The van der Waals surface area contributed by atoms with Crippen LogP contribution in [0.5, 0.6) is 0 Å². The van der Waals surface area contributed by atoms with E-state index in [9.17, 15) is 13.2 Å². The summed E-state index contributed by atoms with van der Waals surface area (Å²) in [7, 11) is -3.84. The van der Waals surface area contributed by atoms with Crippen LogP contribution in [0.15, 0.2) is 35.4 Å². The van der Waals surface area contributed by atoms with Crippen LogP contribution in [0.4, 0.5) is 0 Å². The van der Waals surface area contributed by atoms with E-state index in [1.54, 1.807) is 6.92 Å². The summed E-state index contributed by atoms with van der Waals surface area (Å²) in [6.45, 7) is 3.70. The molecule has 128 valence electrons. The molecule has 3 rings (SSSR count). The van der Waals surface area contributed by atoms with Gasteiger partial charge in [-0.15, -0.1) is 0 Å². The molecule has 1 aliphatic heterocycles.